The Bertz CT molecular complexity index is 990. The van der Waals surface area contributed by atoms with Gasteiger partial charge in [-0.3, -0.25) is 4.79 Å². The fourth-order valence-corrected chi connectivity index (χ4v) is 4.20. The number of H-pyrrole nitrogens is 1. The van der Waals surface area contributed by atoms with Gasteiger partial charge in [0.1, 0.15) is 17.1 Å². The highest BCUT2D eigenvalue weighted by atomic mass is 16.5. The Labute approximate surface area is 177 Å². The summed E-state index contributed by atoms with van der Waals surface area (Å²) in [6.07, 6.45) is 10.5. The molecule has 1 atom stereocenters. The second kappa shape index (κ2) is 9.30. The lowest BCUT2D eigenvalue weighted by Gasteiger charge is -2.22. The van der Waals surface area contributed by atoms with Crippen molar-refractivity contribution in [2.24, 2.45) is 11.7 Å². The van der Waals surface area contributed by atoms with Gasteiger partial charge in [0.05, 0.1) is 11.4 Å². The van der Waals surface area contributed by atoms with Gasteiger partial charge in [-0.25, -0.2) is 4.98 Å². The minimum absolute atomic E-state index is 0.0667. The molecule has 1 aliphatic carbocycles. The first kappa shape index (κ1) is 20.4. The van der Waals surface area contributed by atoms with E-state index < -0.39 is 6.04 Å². The largest absolute Gasteiger partial charge is 0.457 e. The van der Waals surface area contributed by atoms with Gasteiger partial charge in [0.25, 0.3) is 0 Å². The number of aryl methyl sites for hydroxylation is 1. The Morgan fingerprint density at radius 1 is 1.23 bits per heavy atom. The molecule has 1 aliphatic rings. The number of nitrogens with zero attached hydrogens (tertiary/aromatic N) is 1. The molecule has 2 aromatic heterocycles. The number of amides is 1. The van der Waals surface area contributed by atoms with Crippen LogP contribution in [0.2, 0.25) is 0 Å². The molecule has 4 N–H and O–H groups in total. The van der Waals surface area contributed by atoms with Crippen molar-refractivity contribution >= 4 is 16.9 Å². The Kier molecular flexibility index (Phi) is 6.33. The summed E-state index contributed by atoms with van der Waals surface area (Å²) in [5.41, 5.74) is 9.06. The normalized spacial score (nSPS) is 15.8. The number of fused-ring (bicyclic) bond motifs is 1. The van der Waals surface area contributed by atoms with Gasteiger partial charge in [-0.15, -0.1) is 0 Å². The molecule has 0 radical (unpaired) electrons. The topological polar surface area (TPSA) is 93.0 Å². The average Bonchev–Trinajstić information content (AvgIpc) is 3.16. The van der Waals surface area contributed by atoms with Crippen molar-refractivity contribution in [3.8, 4) is 11.5 Å². The Morgan fingerprint density at radius 3 is 2.77 bits per heavy atom. The van der Waals surface area contributed by atoms with Crippen LogP contribution in [-0.2, 0) is 11.2 Å². The van der Waals surface area contributed by atoms with E-state index in [4.69, 9.17) is 10.5 Å². The lowest BCUT2D eigenvalue weighted by Crippen LogP contribution is -2.43. The maximum atomic E-state index is 12.4. The SMILES string of the molecule is Cc1c[nH]c2nccc(Oc3ccc(C[C@H](N)C(=O)NCC4CCCCC4)cc3)c12. The number of benzene rings is 1. The van der Waals surface area contributed by atoms with Crippen LogP contribution in [0.1, 0.15) is 43.2 Å². The van der Waals surface area contributed by atoms with E-state index in [1.54, 1.807) is 6.20 Å². The third-order valence-corrected chi connectivity index (χ3v) is 5.97. The molecule has 0 unspecified atom stereocenters. The number of ether oxygens (including phenoxy) is 1. The number of rotatable bonds is 7. The Hall–Kier alpha value is -2.86. The summed E-state index contributed by atoms with van der Waals surface area (Å²) in [5, 5.41) is 4.02. The van der Waals surface area contributed by atoms with Crippen molar-refractivity contribution in [1.82, 2.24) is 15.3 Å². The third-order valence-electron chi connectivity index (χ3n) is 5.97. The molecule has 0 spiro atoms. The van der Waals surface area contributed by atoms with Crippen LogP contribution in [0.5, 0.6) is 11.5 Å². The molecule has 1 amide bonds. The predicted octanol–water partition coefficient (Wildman–Crippen LogP) is 4.23. The summed E-state index contributed by atoms with van der Waals surface area (Å²) >= 11 is 0. The molecule has 0 aliphatic heterocycles. The number of carbonyl (C=O) groups excluding carboxylic acids is 1. The summed E-state index contributed by atoms with van der Waals surface area (Å²) in [4.78, 5) is 19.8. The van der Waals surface area contributed by atoms with Crippen LogP contribution >= 0.6 is 0 Å². The number of nitrogens with two attached hydrogens (primary N) is 1. The van der Waals surface area contributed by atoms with E-state index in [0.29, 0.717) is 12.3 Å². The van der Waals surface area contributed by atoms with Crippen LogP contribution in [-0.4, -0.2) is 28.5 Å². The zero-order chi connectivity index (χ0) is 20.9. The Balaban J connectivity index is 1.32. The van der Waals surface area contributed by atoms with Crippen molar-refractivity contribution < 1.29 is 9.53 Å². The minimum atomic E-state index is -0.539. The number of aromatic nitrogens is 2. The molecule has 2 heterocycles. The zero-order valence-electron chi connectivity index (χ0n) is 17.5. The van der Waals surface area contributed by atoms with Crippen molar-refractivity contribution in [1.29, 1.82) is 0 Å². The maximum absolute atomic E-state index is 12.4. The van der Waals surface area contributed by atoms with Gasteiger partial charge in [0, 0.05) is 18.9 Å². The van der Waals surface area contributed by atoms with E-state index in [1.807, 2.05) is 43.5 Å². The first-order valence-electron chi connectivity index (χ1n) is 10.8. The van der Waals surface area contributed by atoms with E-state index in [1.165, 1.54) is 32.1 Å². The van der Waals surface area contributed by atoms with E-state index >= 15 is 0 Å². The fourth-order valence-electron chi connectivity index (χ4n) is 4.20. The van der Waals surface area contributed by atoms with Crippen LogP contribution in [0.3, 0.4) is 0 Å². The van der Waals surface area contributed by atoms with Crippen molar-refractivity contribution in [2.75, 3.05) is 6.54 Å². The number of pyridine rings is 1. The molecule has 1 saturated carbocycles. The predicted molar refractivity (Wildman–Crippen MR) is 119 cm³/mol. The number of carbonyl (C=O) groups is 1. The fraction of sp³-hybridized carbons (Fsp3) is 0.417. The van der Waals surface area contributed by atoms with Gasteiger partial charge in [-0.2, -0.15) is 0 Å². The molecule has 6 heteroatoms. The summed E-state index contributed by atoms with van der Waals surface area (Å²) in [6, 6.07) is 9.08. The van der Waals surface area contributed by atoms with E-state index in [-0.39, 0.29) is 5.91 Å². The number of nitrogens with one attached hydrogen (secondary N) is 2. The molecule has 0 saturated heterocycles. The lowest BCUT2D eigenvalue weighted by molar-refractivity contribution is -0.122. The van der Waals surface area contributed by atoms with Gasteiger partial charge in [-0.1, -0.05) is 31.4 Å². The molecule has 158 valence electrons. The first-order valence-corrected chi connectivity index (χ1v) is 10.8. The molecule has 6 nitrogen and oxygen atoms in total. The van der Waals surface area contributed by atoms with E-state index in [0.717, 1.165) is 40.2 Å². The van der Waals surface area contributed by atoms with Crippen LogP contribution < -0.4 is 15.8 Å². The molecule has 3 aromatic rings. The Morgan fingerprint density at radius 2 is 2.00 bits per heavy atom. The average molecular weight is 407 g/mol. The van der Waals surface area contributed by atoms with Crippen molar-refractivity contribution in [2.45, 2.75) is 51.5 Å². The summed E-state index contributed by atoms with van der Waals surface area (Å²) in [5.74, 6) is 2.05. The molecule has 30 heavy (non-hydrogen) atoms. The van der Waals surface area contributed by atoms with Crippen LogP contribution in [0.15, 0.2) is 42.7 Å². The van der Waals surface area contributed by atoms with Gasteiger partial charge in [0.2, 0.25) is 5.91 Å². The summed E-state index contributed by atoms with van der Waals surface area (Å²) in [6.45, 7) is 2.77. The van der Waals surface area contributed by atoms with Gasteiger partial charge in [-0.05, 0) is 61.4 Å². The second-order valence-corrected chi connectivity index (χ2v) is 8.31. The first-order chi connectivity index (χ1) is 14.6. The quantitative estimate of drug-likeness (QED) is 0.547. The zero-order valence-corrected chi connectivity index (χ0v) is 17.5. The lowest BCUT2D eigenvalue weighted by atomic mass is 9.89. The third kappa shape index (κ3) is 4.82. The minimum Gasteiger partial charge on any atom is -0.457 e. The second-order valence-electron chi connectivity index (χ2n) is 8.31. The maximum Gasteiger partial charge on any atom is 0.237 e. The van der Waals surface area contributed by atoms with Gasteiger partial charge < -0.3 is 20.8 Å². The number of hydrogen-bond acceptors (Lipinski definition) is 4. The molecular formula is C24H30N4O2. The van der Waals surface area contributed by atoms with E-state index in [2.05, 4.69) is 15.3 Å². The summed E-state index contributed by atoms with van der Waals surface area (Å²) in [7, 11) is 0. The smallest absolute Gasteiger partial charge is 0.237 e. The molecular weight excluding hydrogens is 376 g/mol. The highest BCUT2D eigenvalue weighted by Gasteiger charge is 2.18. The van der Waals surface area contributed by atoms with Crippen LogP contribution in [0.4, 0.5) is 0 Å². The highest BCUT2D eigenvalue weighted by molar-refractivity contribution is 5.86. The van der Waals surface area contributed by atoms with Crippen molar-refractivity contribution in [3.05, 3.63) is 53.9 Å². The summed E-state index contributed by atoms with van der Waals surface area (Å²) < 4.78 is 6.07. The highest BCUT2D eigenvalue weighted by Crippen LogP contribution is 2.31. The number of hydrogen-bond donors (Lipinski definition) is 3. The van der Waals surface area contributed by atoms with Crippen LogP contribution in [0, 0.1) is 12.8 Å². The standard InChI is InChI=1S/C24H30N4O2/c1-16-14-27-23-22(16)21(11-12-26-23)30-19-9-7-17(8-10-19)13-20(25)24(29)28-15-18-5-3-2-4-6-18/h7-12,14,18,20H,2-6,13,15,25H2,1H3,(H,26,27)(H,28,29)/t20-/m0/s1. The van der Waals surface area contributed by atoms with E-state index in [9.17, 15) is 4.79 Å². The van der Waals surface area contributed by atoms with Gasteiger partial charge >= 0.3 is 0 Å². The molecule has 4 rings (SSSR count). The van der Waals surface area contributed by atoms with Gasteiger partial charge in [0.15, 0.2) is 0 Å². The molecule has 1 aromatic carbocycles. The number of aromatic amines is 1. The molecule has 0 bridgehead atoms. The monoisotopic (exact) mass is 406 g/mol. The van der Waals surface area contributed by atoms with Crippen LogP contribution in [0.25, 0.3) is 11.0 Å². The van der Waals surface area contributed by atoms with Crippen molar-refractivity contribution in [3.63, 3.8) is 0 Å². The molecule has 1 fully saturated rings.